The molecule has 1 aromatic heterocycles. The summed E-state index contributed by atoms with van der Waals surface area (Å²) in [7, 11) is 0. The molecule has 2 rings (SSSR count). The molecule has 19 heavy (non-hydrogen) atoms. The summed E-state index contributed by atoms with van der Waals surface area (Å²) in [5.74, 6) is 1.55. The molecule has 102 valence electrons. The minimum absolute atomic E-state index is 0.116. The minimum Gasteiger partial charge on any atom is -0.336 e. The third-order valence-corrected chi connectivity index (χ3v) is 3.88. The van der Waals surface area contributed by atoms with Crippen LogP contribution in [0, 0.1) is 6.92 Å². The lowest BCUT2D eigenvalue weighted by Crippen LogP contribution is -2.16. The topological polar surface area (TPSA) is 54.7 Å². The molecule has 1 heterocycles. The van der Waals surface area contributed by atoms with Crippen LogP contribution < -0.4 is 5.73 Å². The first kappa shape index (κ1) is 14.3. The van der Waals surface area contributed by atoms with Gasteiger partial charge in [-0.2, -0.15) is 0 Å². The van der Waals surface area contributed by atoms with E-state index < -0.39 is 0 Å². The molecule has 0 radical (unpaired) electrons. The Balaban J connectivity index is 2.45. The van der Waals surface area contributed by atoms with Crippen molar-refractivity contribution in [2.24, 2.45) is 5.73 Å². The van der Waals surface area contributed by atoms with Gasteiger partial charge in [-0.15, -0.1) is 0 Å². The first-order valence-corrected chi connectivity index (χ1v) is 7.33. The molecule has 3 N–H and O–H groups in total. The second kappa shape index (κ2) is 5.88. The number of hydrogen-bond acceptors (Lipinski definition) is 2. The largest absolute Gasteiger partial charge is 0.336 e. The fourth-order valence-corrected chi connectivity index (χ4v) is 2.58. The molecule has 0 saturated carbocycles. The van der Waals surface area contributed by atoms with Gasteiger partial charge in [0.25, 0.3) is 0 Å². The minimum atomic E-state index is 0.116. The van der Waals surface area contributed by atoms with E-state index in [1.54, 1.807) is 6.20 Å². The first-order chi connectivity index (χ1) is 9.02. The van der Waals surface area contributed by atoms with Gasteiger partial charge in [0.2, 0.25) is 0 Å². The highest BCUT2D eigenvalue weighted by Gasteiger charge is 2.18. The zero-order valence-electron chi connectivity index (χ0n) is 11.6. The molecule has 1 atom stereocenters. The lowest BCUT2D eigenvalue weighted by Gasteiger charge is -2.18. The molecule has 2 aromatic rings. The van der Waals surface area contributed by atoms with E-state index in [1.165, 1.54) is 16.7 Å². The van der Waals surface area contributed by atoms with Gasteiger partial charge in [-0.1, -0.05) is 32.0 Å². The van der Waals surface area contributed by atoms with Crippen LogP contribution in [0.2, 0.25) is 0 Å². The number of imidazole rings is 1. The number of halogens is 1. The maximum absolute atomic E-state index is 5.97. The van der Waals surface area contributed by atoms with Crippen molar-refractivity contribution < 1.29 is 0 Å². The van der Waals surface area contributed by atoms with Crippen molar-refractivity contribution in [3.05, 3.63) is 51.5 Å². The van der Waals surface area contributed by atoms with Crippen LogP contribution in [0.1, 0.15) is 48.2 Å². The van der Waals surface area contributed by atoms with Gasteiger partial charge in [-0.25, -0.2) is 4.98 Å². The van der Waals surface area contributed by atoms with Crippen molar-refractivity contribution in [2.45, 2.75) is 32.6 Å². The van der Waals surface area contributed by atoms with E-state index in [0.717, 1.165) is 10.4 Å². The van der Waals surface area contributed by atoms with Gasteiger partial charge in [-0.05, 0) is 45.5 Å². The molecule has 0 spiro atoms. The van der Waals surface area contributed by atoms with Gasteiger partial charge >= 0.3 is 0 Å². The highest BCUT2D eigenvalue weighted by Crippen LogP contribution is 2.28. The zero-order chi connectivity index (χ0) is 14.0. The zero-order valence-corrected chi connectivity index (χ0v) is 13.2. The van der Waals surface area contributed by atoms with Crippen molar-refractivity contribution in [3.63, 3.8) is 0 Å². The summed E-state index contributed by atoms with van der Waals surface area (Å²) in [5.41, 5.74) is 9.82. The van der Waals surface area contributed by atoms with Crippen LogP contribution in [0.4, 0.5) is 0 Å². The lowest BCUT2D eigenvalue weighted by molar-refractivity contribution is 0.752. The maximum atomic E-state index is 5.97. The number of nitrogens with zero attached hydrogens (tertiary/aromatic N) is 1. The molecule has 0 aliphatic carbocycles. The summed E-state index contributed by atoms with van der Waals surface area (Å²) in [5, 5.41) is 0. The van der Waals surface area contributed by atoms with Crippen LogP contribution in [0.15, 0.2) is 29.0 Å². The van der Waals surface area contributed by atoms with E-state index in [-0.39, 0.29) is 5.92 Å². The number of aromatic nitrogens is 2. The highest BCUT2D eigenvalue weighted by atomic mass is 79.9. The molecule has 0 aliphatic rings. The van der Waals surface area contributed by atoms with E-state index in [0.29, 0.717) is 12.5 Å². The van der Waals surface area contributed by atoms with Crippen molar-refractivity contribution in [1.82, 2.24) is 9.97 Å². The van der Waals surface area contributed by atoms with E-state index in [4.69, 9.17) is 5.73 Å². The van der Waals surface area contributed by atoms with E-state index in [1.807, 2.05) is 0 Å². The van der Waals surface area contributed by atoms with Gasteiger partial charge < -0.3 is 10.7 Å². The second-order valence-electron chi connectivity index (χ2n) is 5.18. The number of hydrogen-bond donors (Lipinski definition) is 2. The van der Waals surface area contributed by atoms with Gasteiger partial charge in [0, 0.05) is 6.54 Å². The van der Waals surface area contributed by atoms with Gasteiger partial charge in [0.1, 0.15) is 10.4 Å². The number of benzene rings is 1. The summed E-state index contributed by atoms with van der Waals surface area (Å²) in [6.45, 7) is 7.08. The third kappa shape index (κ3) is 3.07. The standard InChI is InChI=1S/C15H20BrN3/c1-9(2)11-5-4-10(3)12(6-11)13(7-17)15-18-8-14(16)19-15/h4-6,8-9,13H,7,17H2,1-3H3,(H,18,19). The van der Waals surface area contributed by atoms with Crippen LogP contribution in [0.3, 0.4) is 0 Å². The van der Waals surface area contributed by atoms with E-state index >= 15 is 0 Å². The Bertz CT molecular complexity index is 560. The van der Waals surface area contributed by atoms with Crippen molar-refractivity contribution in [1.29, 1.82) is 0 Å². The highest BCUT2D eigenvalue weighted by molar-refractivity contribution is 9.10. The summed E-state index contributed by atoms with van der Waals surface area (Å²) in [6.07, 6.45) is 1.78. The molecule has 1 unspecified atom stereocenters. The Kier molecular flexibility index (Phi) is 4.42. The normalized spacial score (nSPS) is 12.9. The number of H-pyrrole nitrogens is 1. The molecule has 4 heteroatoms. The Labute approximate surface area is 122 Å². The number of aryl methyl sites for hydroxylation is 1. The number of aromatic amines is 1. The molecular weight excluding hydrogens is 302 g/mol. The number of rotatable bonds is 4. The van der Waals surface area contributed by atoms with Gasteiger partial charge in [0.05, 0.1) is 12.1 Å². The maximum Gasteiger partial charge on any atom is 0.115 e. The van der Waals surface area contributed by atoms with Crippen molar-refractivity contribution in [3.8, 4) is 0 Å². The Morgan fingerprint density at radius 3 is 2.63 bits per heavy atom. The molecule has 0 bridgehead atoms. The van der Waals surface area contributed by atoms with E-state index in [2.05, 4.69) is 64.9 Å². The lowest BCUT2D eigenvalue weighted by atomic mass is 9.90. The Hall–Kier alpha value is -1.13. The molecule has 3 nitrogen and oxygen atoms in total. The van der Waals surface area contributed by atoms with Crippen LogP contribution in [0.5, 0.6) is 0 Å². The number of nitrogens with two attached hydrogens (primary N) is 1. The van der Waals surface area contributed by atoms with Crippen LogP contribution >= 0.6 is 15.9 Å². The SMILES string of the molecule is Cc1ccc(C(C)C)cc1C(CN)c1ncc(Br)[nH]1. The molecule has 0 saturated heterocycles. The smallest absolute Gasteiger partial charge is 0.115 e. The fraction of sp³-hybridized carbons (Fsp3) is 0.400. The molecule has 0 amide bonds. The predicted molar refractivity (Wildman–Crippen MR) is 82.5 cm³/mol. The van der Waals surface area contributed by atoms with Gasteiger partial charge in [-0.3, -0.25) is 0 Å². The first-order valence-electron chi connectivity index (χ1n) is 6.53. The predicted octanol–water partition coefficient (Wildman–Crippen LogP) is 3.69. The molecule has 0 aliphatic heterocycles. The van der Waals surface area contributed by atoms with Crippen LogP contribution in [-0.4, -0.2) is 16.5 Å². The second-order valence-corrected chi connectivity index (χ2v) is 6.03. The quantitative estimate of drug-likeness (QED) is 0.902. The monoisotopic (exact) mass is 321 g/mol. The average molecular weight is 322 g/mol. The Morgan fingerprint density at radius 1 is 1.37 bits per heavy atom. The number of nitrogens with one attached hydrogen (secondary N) is 1. The molecule has 0 fully saturated rings. The van der Waals surface area contributed by atoms with E-state index in [9.17, 15) is 0 Å². The summed E-state index contributed by atoms with van der Waals surface area (Å²) >= 11 is 3.40. The molecule has 1 aromatic carbocycles. The van der Waals surface area contributed by atoms with Crippen molar-refractivity contribution in [2.75, 3.05) is 6.54 Å². The third-order valence-electron chi connectivity index (χ3n) is 3.48. The van der Waals surface area contributed by atoms with Crippen LogP contribution in [0.25, 0.3) is 0 Å². The van der Waals surface area contributed by atoms with Crippen LogP contribution in [-0.2, 0) is 0 Å². The molecular formula is C15H20BrN3. The Morgan fingerprint density at radius 2 is 2.11 bits per heavy atom. The summed E-state index contributed by atoms with van der Waals surface area (Å²) in [4.78, 5) is 7.62. The average Bonchev–Trinajstić information content (AvgIpc) is 2.79. The summed E-state index contributed by atoms with van der Waals surface area (Å²) in [6, 6.07) is 6.62. The fourth-order valence-electron chi connectivity index (χ4n) is 2.27. The summed E-state index contributed by atoms with van der Waals surface area (Å²) < 4.78 is 0.888. The van der Waals surface area contributed by atoms with Gasteiger partial charge in [0.15, 0.2) is 0 Å². The van der Waals surface area contributed by atoms with Crippen molar-refractivity contribution >= 4 is 15.9 Å².